The summed E-state index contributed by atoms with van der Waals surface area (Å²) in [5.41, 5.74) is 5.31. The summed E-state index contributed by atoms with van der Waals surface area (Å²) < 4.78 is 10.7. The number of nitrogens with one attached hydrogen (secondary N) is 1. The third-order valence-corrected chi connectivity index (χ3v) is 2.35. The van der Waals surface area contributed by atoms with E-state index in [4.69, 9.17) is 15.2 Å². The van der Waals surface area contributed by atoms with Crippen molar-refractivity contribution in [3.8, 4) is 11.5 Å². The molecule has 0 fully saturated rings. The summed E-state index contributed by atoms with van der Waals surface area (Å²) in [5, 5.41) is 3.05. The number of amides is 1. The Kier molecular flexibility index (Phi) is 5.45. The van der Waals surface area contributed by atoms with Crippen molar-refractivity contribution < 1.29 is 14.3 Å². The van der Waals surface area contributed by atoms with Gasteiger partial charge in [-0.1, -0.05) is 26.0 Å². The first-order valence-electron chi connectivity index (χ1n) is 5.85. The van der Waals surface area contributed by atoms with Crippen LogP contribution in [0, 0.1) is 0 Å². The molecular weight excluding hydrogens is 232 g/mol. The fourth-order valence-electron chi connectivity index (χ4n) is 1.53. The number of carbonyl (C=O) groups excluding carboxylic acids is 1. The molecule has 1 aromatic carbocycles. The van der Waals surface area contributed by atoms with Gasteiger partial charge in [-0.2, -0.15) is 0 Å². The maximum absolute atomic E-state index is 11.3. The smallest absolute Gasteiger partial charge is 0.238 e. The van der Waals surface area contributed by atoms with E-state index in [2.05, 4.69) is 5.32 Å². The Balaban J connectivity index is 2.64. The fourth-order valence-corrected chi connectivity index (χ4v) is 1.53. The summed E-state index contributed by atoms with van der Waals surface area (Å²) in [6, 6.07) is 6.91. The summed E-state index contributed by atoms with van der Waals surface area (Å²) in [6.45, 7) is 4.06. The van der Waals surface area contributed by atoms with E-state index >= 15 is 0 Å². The van der Waals surface area contributed by atoms with Gasteiger partial charge in [0.1, 0.15) is 12.6 Å². The molecule has 3 N–H and O–H groups in total. The molecule has 0 bridgehead atoms. The number of benzene rings is 1. The molecule has 1 atom stereocenters. The molecular formula is C13H20N2O3. The second kappa shape index (κ2) is 6.86. The van der Waals surface area contributed by atoms with Crippen molar-refractivity contribution in [3.63, 3.8) is 0 Å². The van der Waals surface area contributed by atoms with Gasteiger partial charge in [-0.05, 0) is 12.1 Å². The van der Waals surface area contributed by atoms with Crippen molar-refractivity contribution in [3.05, 3.63) is 24.3 Å². The number of methoxy groups -OCH3 is 1. The van der Waals surface area contributed by atoms with E-state index in [0.29, 0.717) is 11.5 Å². The second-order valence-corrected chi connectivity index (χ2v) is 4.24. The van der Waals surface area contributed by atoms with E-state index in [0.717, 1.165) is 0 Å². The predicted molar refractivity (Wildman–Crippen MR) is 69.7 cm³/mol. The average molecular weight is 252 g/mol. The zero-order chi connectivity index (χ0) is 13.5. The predicted octanol–water partition coefficient (Wildman–Crippen LogP) is 0.926. The molecule has 0 aromatic heterocycles. The molecule has 0 radical (unpaired) electrons. The van der Waals surface area contributed by atoms with Gasteiger partial charge in [-0.15, -0.1) is 0 Å². The topological polar surface area (TPSA) is 73.6 Å². The molecule has 1 rings (SSSR count). The van der Waals surface area contributed by atoms with Gasteiger partial charge >= 0.3 is 0 Å². The Bertz CT molecular complexity index is 394. The maximum Gasteiger partial charge on any atom is 0.238 e. The van der Waals surface area contributed by atoms with Crippen LogP contribution in [0.5, 0.6) is 11.5 Å². The molecule has 18 heavy (non-hydrogen) atoms. The molecule has 0 saturated heterocycles. The van der Waals surface area contributed by atoms with Crippen molar-refractivity contribution in [1.29, 1.82) is 0 Å². The Hall–Kier alpha value is -1.75. The molecule has 100 valence electrons. The maximum atomic E-state index is 11.3. The van der Waals surface area contributed by atoms with Crippen LogP contribution in [-0.2, 0) is 4.79 Å². The van der Waals surface area contributed by atoms with Crippen LogP contribution in [0.25, 0.3) is 0 Å². The molecule has 5 heteroatoms. The third-order valence-electron chi connectivity index (χ3n) is 2.35. The molecule has 0 aliphatic carbocycles. The lowest BCUT2D eigenvalue weighted by molar-refractivity contribution is -0.120. The number of para-hydroxylation sites is 2. The Morgan fingerprint density at radius 1 is 1.33 bits per heavy atom. The molecule has 0 spiro atoms. The number of hydrogen-bond donors (Lipinski definition) is 2. The van der Waals surface area contributed by atoms with Gasteiger partial charge in [-0.25, -0.2) is 0 Å². The van der Waals surface area contributed by atoms with Crippen LogP contribution in [-0.4, -0.2) is 31.7 Å². The monoisotopic (exact) mass is 252 g/mol. The lowest BCUT2D eigenvalue weighted by Gasteiger charge is -2.19. The minimum Gasteiger partial charge on any atom is -0.493 e. The number of hydrogen-bond acceptors (Lipinski definition) is 4. The highest BCUT2D eigenvalue weighted by molar-refractivity contribution is 5.80. The largest absolute Gasteiger partial charge is 0.493 e. The highest BCUT2D eigenvalue weighted by Crippen LogP contribution is 2.25. The third kappa shape index (κ3) is 4.25. The van der Waals surface area contributed by atoms with Gasteiger partial charge in [0.2, 0.25) is 5.91 Å². The summed E-state index contributed by atoms with van der Waals surface area (Å²) >= 11 is 0. The van der Waals surface area contributed by atoms with Crippen molar-refractivity contribution in [2.24, 2.45) is 5.73 Å². The van der Waals surface area contributed by atoms with E-state index in [-0.39, 0.29) is 12.6 Å². The number of carbonyl (C=O) groups is 1. The molecule has 1 aromatic rings. The summed E-state index contributed by atoms with van der Waals surface area (Å²) in [7, 11) is 1.57. The summed E-state index contributed by atoms with van der Waals surface area (Å²) in [6.07, 6.45) is 0. The van der Waals surface area contributed by atoms with Gasteiger partial charge in [0.05, 0.1) is 7.11 Å². The van der Waals surface area contributed by atoms with E-state index in [9.17, 15) is 4.79 Å². The van der Waals surface area contributed by atoms with Crippen LogP contribution in [0.2, 0.25) is 0 Å². The summed E-state index contributed by atoms with van der Waals surface area (Å²) in [4.78, 5) is 11.3. The molecule has 0 aliphatic heterocycles. The first-order valence-corrected chi connectivity index (χ1v) is 5.85. The number of rotatable bonds is 7. The van der Waals surface area contributed by atoms with Gasteiger partial charge in [-0.3, -0.25) is 4.79 Å². The second-order valence-electron chi connectivity index (χ2n) is 4.24. The Labute approximate surface area is 107 Å². The average Bonchev–Trinajstić information content (AvgIpc) is 2.34. The molecule has 1 amide bonds. The first kappa shape index (κ1) is 14.3. The van der Waals surface area contributed by atoms with Crippen molar-refractivity contribution in [2.75, 3.05) is 13.7 Å². The molecule has 0 heterocycles. The number of nitrogens with two attached hydrogens (primary N) is 1. The van der Waals surface area contributed by atoms with Crippen molar-refractivity contribution >= 4 is 5.91 Å². The zero-order valence-electron chi connectivity index (χ0n) is 11.0. The van der Waals surface area contributed by atoms with Crippen LogP contribution in [0.4, 0.5) is 0 Å². The van der Waals surface area contributed by atoms with Crippen LogP contribution in [0.3, 0.4) is 0 Å². The van der Waals surface area contributed by atoms with Gasteiger partial charge < -0.3 is 20.5 Å². The Morgan fingerprint density at radius 2 is 1.94 bits per heavy atom. The number of ether oxygens (including phenoxy) is 2. The molecule has 1 unspecified atom stereocenters. The SMILES string of the molecule is COc1ccccc1OCC(NC(C)C)C(N)=O. The van der Waals surface area contributed by atoms with E-state index in [1.807, 2.05) is 26.0 Å². The highest BCUT2D eigenvalue weighted by atomic mass is 16.5. The van der Waals surface area contributed by atoms with Gasteiger partial charge in [0.25, 0.3) is 0 Å². The minimum absolute atomic E-state index is 0.156. The van der Waals surface area contributed by atoms with E-state index < -0.39 is 11.9 Å². The van der Waals surface area contributed by atoms with E-state index in [1.54, 1.807) is 19.2 Å². The standard InChI is InChI=1S/C13H20N2O3/c1-9(2)15-10(13(14)16)8-18-12-7-5-4-6-11(12)17-3/h4-7,9-10,15H,8H2,1-3H3,(H2,14,16). The molecule has 5 nitrogen and oxygen atoms in total. The summed E-state index contributed by atoms with van der Waals surface area (Å²) in [5.74, 6) is 0.792. The minimum atomic E-state index is -0.519. The zero-order valence-corrected chi connectivity index (χ0v) is 11.0. The van der Waals surface area contributed by atoms with Crippen LogP contribution in [0.1, 0.15) is 13.8 Å². The lowest BCUT2D eigenvalue weighted by Crippen LogP contribution is -2.48. The van der Waals surface area contributed by atoms with Crippen molar-refractivity contribution in [1.82, 2.24) is 5.32 Å². The Morgan fingerprint density at radius 3 is 2.44 bits per heavy atom. The van der Waals surface area contributed by atoms with Crippen LogP contribution < -0.4 is 20.5 Å². The van der Waals surface area contributed by atoms with Gasteiger partial charge in [0.15, 0.2) is 11.5 Å². The normalized spacial score (nSPS) is 12.2. The molecule has 0 saturated carbocycles. The van der Waals surface area contributed by atoms with E-state index in [1.165, 1.54) is 0 Å². The fraction of sp³-hybridized carbons (Fsp3) is 0.462. The first-order chi connectivity index (χ1) is 8.54. The van der Waals surface area contributed by atoms with Crippen LogP contribution >= 0.6 is 0 Å². The number of primary amides is 1. The van der Waals surface area contributed by atoms with Gasteiger partial charge in [0, 0.05) is 6.04 Å². The lowest BCUT2D eigenvalue weighted by atomic mass is 10.2. The quantitative estimate of drug-likeness (QED) is 0.757. The van der Waals surface area contributed by atoms with Crippen LogP contribution in [0.15, 0.2) is 24.3 Å². The molecule has 0 aliphatic rings. The van der Waals surface area contributed by atoms with Crippen molar-refractivity contribution in [2.45, 2.75) is 25.9 Å². The highest BCUT2D eigenvalue weighted by Gasteiger charge is 2.17.